The standard InChI is InChI=1S/C16H29NO/c1-9(2)13-14(10(3)4)17(12(7)8)15(11(5)6)16(13)18/h9-12,15H,1-8H3. The first-order valence-electron chi connectivity index (χ1n) is 7.26. The Morgan fingerprint density at radius 1 is 0.889 bits per heavy atom. The molecule has 0 fully saturated rings. The molecule has 1 unspecified atom stereocenters. The maximum atomic E-state index is 12.7. The molecule has 0 saturated carbocycles. The van der Waals surface area contributed by atoms with E-state index in [0.29, 0.717) is 29.6 Å². The van der Waals surface area contributed by atoms with Crippen LogP contribution in [-0.4, -0.2) is 22.8 Å². The number of rotatable bonds is 4. The first-order chi connectivity index (χ1) is 8.20. The van der Waals surface area contributed by atoms with E-state index in [2.05, 4.69) is 60.3 Å². The van der Waals surface area contributed by atoms with E-state index in [-0.39, 0.29) is 6.04 Å². The van der Waals surface area contributed by atoms with Crippen LogP contribution >= 0.6 is 0 Å². The van der Waals surface area contributed by atoms with Crippen molar-refractivity contribution < 1.29 is 4.79 Å². The summed E-state index contributed by atoms with van der Waals surface area (Å²) in [6.07, 6.45) is 0. The highest BCUT2D eigenvalue weighted by Crippen LogP contribution is 2.38. The molecule has 0 aromatic carbocycles. The van der Waals surface area contributed by atoms with Crippen LogP contribution in [-0.2, 0) is 4.79 Å². The molecule has 2 heteroatoms. The van der Waals surface area contributed by atoms with Gasteiger partial charge in [0, 0.05) is 17.3 Å². The number of hydrogen-bond acceptors (Lipinski definition) is 2. The molecular formula is C16H29NO. The van der Waals surface area contributed by atoms with Gasteiger partial charge in [0.25, 0.3) is 0 Å². The van der Waals surface area contributed by atoms with Crippen LogP contribution in [0.3, 0.4) is 0 Å². The molecule has 0 aromatic rings. The fourth-order valence-corrected chi connectivity index (χ4v) is 3.11. The molecule has 1 rings (SSSR count). The van der Waals surface area contributed by atoms with Crippen molar-refractivity contribution in [3.8, 4) is 0 Å². The SMILES string of the molecule is CC(C)C1=C(C(C)C)N(C(C)C)C(C(C)C)C1=O. The maximum absolute atomic E-state index is 12.7. The van der Waals surface area contributed by atoms with Crippen molar-refractivity contribution >= 4 is 5.78 Å². The summed E-state index contributed by atoms with van der Waals surface area (Å²) in [4.78, 5) is 15.1. The zero-order valence-electron chi connectivity index (χ0n) is 13.2. The van der Waals surface area contributed by atoms with Crippen molar-refractivity contribution in [2.45, 2.75) is 67.5 Å². The first kappa shape index (κ1) is 15.3. The van der Waals surface area contributed by atoms with E-state index in [1.165, 1.54) is 5.70 Å². The van der Waals surface area contributed by atoms with E-state index in [4.69, 9.17) is 0 Å². The molecule has 0 aromatic heterocycles. The lowest BCUT2D eigenvalue weighted by molar-refractivity contribution is -0.120. The van der Waals surface area contributed by atoms with Gasteiger partial charge in [-0.05, 0) is 31.6 Å². The van der Waals surface area contributed by atoms with Crippen LogP contribution in [0, 0.1) is 17.8 Å². The minimum Gasteiger partial charge on any atom is -0.361 e. The van der Waals surface area contributed by atoms with Gasteiger partial charge in [-0.3, -0.25) is 4.79 Å². The second kappa shape index (κ2) is 5.46. The lowest BCUT2D eigenvalue weighted by atomic mass is 9.91. The molecule has 18 heavy (non-hydrogen) atoms. The molecule has 0 radical (unpaired) electrons. The van der Waals surface area contributed by atoms with E-state index in [9.17, 15) is 4.79 Å². The van der Waals surface area contributed by atoms with Gasteiger partial charge in [-0.25, -0.2) is 0 Å². The van der Waals surface area contributed by atoms with Gasteiger partial charge in [0.1, 0.15) is 0 Å². The molecule has 1 atom stereocenters. The Kier molecular flexibility index (Phi) is 4.63. The minimum absolute atomic E-state index is 0.0415. The highest BCUT2D eigenvalue weighted by atomic mass is 16.1. The Hall–Kier alpha value is -0.790. The molecule has 2 nitrogen and oxygen atoms in total. The van der Waals surface area contributed by atoms with Crippen LogP contribution in [0.5, 0.6) is 0 Å². The van der Waals surface area contributed by atoms with Gasteiger partial charge < -0.3 is 4.90 Å². The normalized spacial score (nSPS) is 21.4. The van der Waals surface area contributed by atoms with E-state index >= 15 is 0 Å². The summed E-state index contributed by atoms with van der Waals surface area (Å²) in [5, 5.41) is 0. The zero-order chi connectivity index (χ0) is 14.2. The Morgan fingerprint density at radius 3 is 1.67 bits per heavy atom. The van der Waals surface area contributed by atoms with E-state index < -0.39 is 0 Å². The molecule has 0 bridgehead atoms. The van der Waals surface area contributed by atoms with E-state index in [1.54, 1.807) is 0 Å². The molecule has 0 spiro atoms. The minimum atomic E-state index is 0.0415. The molecule has 0 aliphatic carbocycles. The quantitative estimate of drug-likeness (QED) is 0.756. The number of Topliss-reactive ketones (excluding diaryl/α,β-unsaturated/α-hetero) is 1. The van der Waals surface area contributed by atoms with Crippen LogP contribution in [0.15, 0.2) is 11.3 Å². The number of ketones is 1. The molecule has 0 amide bonds. The lowest BCUT2D eigenvalue weighted by Crippen LogP contribution is -2.43. The third kappa shape index (κ3) is 2.48. The highest BCUT2D eigenvalue weighted by molar-refractivity contribution is 6.03. The van der Waals surface area contributed by atoms with Crippen molar-refractivity contribution in [3.05, 3.63) is 11.3 Å². The largest absolute Gasteiger partial charge is 0.361 e. The Balaban J connectivity index is 3.36. The number of hydrogen-bond donors (Lipinski definition) is 0. The molecule has 0 saturated heterocycles. The van der Waals surface area contributed by atoms with Gasteiger partial charge in [0.2, 0.25) is 0 Å². The first-order valence-corrected chi connectivity index (χ1v) is 7.26. The third-order valence-corrected chi connectivity index (χ3v) is 3.70. The fraction of sp³-hybridized carbons (Fsp3) is 0.812. The van der Waals surface area contributed by atoms with E-state index in [1.807, 2.05) is 0 Å². The van der Waals surface area contributed by atoms with Gasteiger partial charge in [0.05, 0.1) is 6.04 Å². The van der Waals surface area contributed by atoms with Crippen molar-refractivity contribution in [2.75, 3.05) is 0 Å². The van der Waals surface area contributed by atoms with Crippen LogP contribution in [0.1, 0.15) is 55.4 Å². The average Bonchev–Trinajstić information content (AvgIpc) is 2.51. The second-order valence-corrected chi connectivity index (χ2v) is 6.66. The van der Waals surface area contributed by atoms with Gasteiger partial charge >= 0.3 is 0 Å². The van der Waals surface area contributed by atoms with Crippen LogP contribution < -0.4 is 0 Å². The Labute approximate surface area is 112 Å². The van der Waals surface area contributed by atoms with Crippen LogP contribution in [0.4, 0.5) is 0 Å². The van der Waals surface area contributed by atoms with Gasteiger partial charge in [-0.1, -0.05) is 41.5 Å². The molecule has 1 aliphatic heterocycles. The molecule has 1 aliphatic rings. The van der Waals surface area contributed by atoms with E-state index in [0.717, 1.165) is 5.57 Å². The molecule has 1 heterocycles. The smallest absolute Gasteiger partial charge is 0.183 e. The average molecular weight is 251 g/mol. The van der Waals surface area contributed by atoms with Crippen LogP contribution in [0.2, 0.25) is 0 Å². The molecule has 104 valence electrons. The molecular weight excluding hydrogens is 222 g/mol. The summed E-state index contributed by atoms with van der Waals surface area (Å²) in [6, 6.07) is 0.426. The summed E-state index contributed by atoms with van der Waals surface area (Å²) in [7, 11) is 0. The lowest BCUT2D eigenvalue weighted by Gasteiger charge is -2.36. The summed E-state index contributed by atoms with van der Waals surface area (Å²) in [5.41, 5.74) is 2.35. The zero-order valence-corrected chi connectivity index (χ0v) is 13.2. The number of carbonyl (C=O) groups is 1. The predicted molar refractivity (Wildman–Crippen MR) is 77.3 cm³/mol. The Morgan fingerprint density at radius 2 is 1.39 bits per heavy atom. The summed E-state index contributed by atoms with van der Waals surface area (Å²) < 4.78 is 0. The monoisotopic (exact) mass is 251 g/mol. The maximum Gasteiger partial charge on any atom is 0.183 e. The fourth-order valence-electron chi connectivity index (χ4n) is 3.11. The summed E-state index contributed by atoms with van der Waals surface area (Å²) in [5.74, 6) is 1.46. The Bertz CT molecular complexity index is 350. The van der Waals surface area contributed by atoms with Crippen molar-refractivity contribution in [1.29, 1.82) is 0 Å². The van der Waals surface area contributed by atoms with Gasteiger partial charge in [-0.2, -0.15) is 0 Å². The highest BCUT2D eigenvalue weighted by Gasteiger charge is 2.43. The topological polar surface area (TPSA) is 20.3 Å². The number of allylic oxidation sites excluding steroid dienone is 1. The number of nitrogens with zero attached hydrogens (tertiary/aromatic N) is 1. The van der Waals surface area contributed by atoms with Crippen molar-refractivity contribution in [1.82, 2.24) is 4.90 Å². The van der Waals surface area contributed by atoms with Gasteiger partial charge in [0.15, 0.2) is 5.78 Å². The number of carbonyl (C=O) groups excluding carboxylic acids is 1. The predicted octanol–water partition coefficient (Wildman–Crippen LogP) is 3.87. The summed E-state index contributed by atoms with van der Waals surface area (Å²) in [6.45, 7) is 17.3. The third-order valence-electron chi connectivity index (χ3n) is 3.70. The van der Waals surface area contributed by atoms with Crippen molar-refractivity contribution in [2.24, 2.45) is 17.8 Å². The van der Waals surface area contributed by atoms with Crippen LogP contribution in [0.25, 0.3) is 0 Å². The second-order valence-electron chi connectivity index (χ2n) is 6.66. The summed E-state index contributed by atoms with van der Waals surface area (Å²) >= 11 is 0. The van der Waals surface area contributed by atoms with Gasteiger partial charge in [-0.15, -0.1) is 0 Å². The molecule has 0 N–H and O–H groups in total. The van der Waals surface area contributed by atoms with Crippen molar-refractivity contribution in [3.63, 3.8) is 0 Å².